The van der Waals surface area contributed by atoms with E-state index < -0.39 is 23.0 Å². The van der Waals surface area contributed by atoms with Crippen LogP contribution in [0.2, 0.25) is 0 Å². The molecule has 1 atom stereocenters. The van der Waals surface area contributed by atoms with Crippen LogP contribution in [0.3, 0.4) is 0 Å². The number of hydrogen-bond donors (Lipinski definition) is 0. The Morgan fingerprint density at radius 1 is 1.25 bits per heavy atom. The predicted octanol–water partition coefficient (Wildman–Crippen LogP) is 4.30. The highest BCUT2D eigenvalue weighted by Gasteiger charge is 2.55. The van der Waals surface area contributed by atoms with Crippen LogP contribution in [0.15, 0.2) is 24.3 Å². The summed E-state index contributed by atoms with van der Waals surface area (Å²) in [5, 5.41) is 19.0. The monoisotopic (exact) mass is 400 g/mol. The molecule has 2 heterocycles. The zero-order chi connectivity index (χ0) is 20.7. The van der Waals surface area contributed by atoms with Crippen LogP contribution in [0.1, 0.15) is 52.1 Å². The molecule has 0 saturated carbocycles. The van der Waals surface area contributed by atoms with Gasteiger partial charge in [-0.25, -0.2) is 4.79 Å². The molecule has 1 amide bonds. The normalized spacial score (nSPS) is 21.4. The molecule has 0 aliphatic carbocycles. The van der Waals surface area contributed by atoms with Crippen molar-refractivity contribution >= 4 is 17.4 Å². The summed E-state index contributed by atoms with van der Waals surface area (Å²) in [5.41, 5.74) is -0.798. The first-order valence-electron chi connectivity index (χ1n) is 8.98. The number of ether oxygens (including phenoxy) is 2. The topological polar surface area (TPSA) is 88.3 Å². The molecular weight excluding hydrogens is 376 g/mol. The summed E-state index contributed by atoms with van der Waals surface area (Å²) in [6.07, 6.45) is -0.451. The van der Waals surface area contributed by atoms with Crippen molar-refractivity contribution < 1.29 is 14.3 Å². The molecule has 2 aromatic rings. The number of carbonyl (C=O) groups excluding carboxylic acids is 1. The fourth-order valence-corrected chi connectivity index (χ4v) is 4.14. The molecule has 3 rings (SSSR count). The Kier molecular flexibility index (Phi) is 4.94. The number of amides is 1. The second kappa shape index (κ2) is 6.83. The van der Waals surface area contributed by atoms with Gasteiger partial charge in [0.25, 0.3) is 0 Å². The number of carbonyl (C=O) groups is 1. The summed E-state index contributed by atoms with van der Waals surface area (Å²) in [6, 6.07) is 9.26. The molecule has 0 bridgehead atoms. The SMILES string of the molecule is CC(C)(C)OC(=O)N1C(C)(C)OC[C@@]1(C)c1nnc(-c2ccc(C#N)cc2)s1. The van der Waals surface area contributed by atoms with E-state index in [1.165, 1.54) is 11.3 Å². The molecule has 1 aliphatic heterocycles. The van der Waals surface area contributed by atoms with E-state index in [-0.39, 0.29) is 0 Å². The predicted molar refractivity (Wildman–Crippen MR) is 106 cm³/mol. The van der Waals surface area contributed by atoms with Crippen molar-refractivity contribution in [3.8, 4) is 16.6 Å². The number of hydrogen-bond acceptors (Lipinski definition) is 7. The van der Waals surface area contributed by atoms with Crippen LogP contribution in [0.25, 0.3) is 10.6 Å². The van der Waals surface area contributed by atoms with Gasteiger partial charge >= 0.3 is 6.09 Å². The third-order valence-corrected chi connectivity index (χ3v) is 5.69. The number of aromatic nitrogens is 2. The van der Waals surface area contributed by atoms with E-state index in [4.69, 9.17) is 14.7 Å². The maximum Gasteiger partial charge on any atom is 0.413 e. The van der Waals surface area contributed by atoms with Gasteiger partial charge in [-0.3, -0.25) is 4.90 Å². The number of rotatable bonds is 2. The summed E-state index contributed by atoms with van der Waals surface area (Å²) in [6.45, 7) is 11.4. The smallest absolute Gasteiger partial charge is 0.413 e. The van der Waals surface area contributed by atoms with Gasteiger partial charge in [-0.15, -0.1) is 10.2 Å². The standard InChI is InChI=1S/C20H24N4O3S/c1-18(2,3)27-17(25)24-19(4,5)26-12-20(24,6)16-23-22-15(28-16)14-9-7-13(11-21)8-10-14/h7-10H,12H2,1-6H3/t20-/m0/s1. The molecule has 8 heteroatoms. The van der Waals surface area contributed by atoms with Gasteiger partial charge in [0.05, 0.1) is 18.2 Å². The summed E-state index contributed by atoms with van der Waals surface area (Å²) in [4.78, 5) is 14.6. The second-order valence-corrected chi connectivity index (χ2v) is 9.40. The highest BCUT2D eigenvalue weighted by Crippen LogP contribution is 2.44. The van der Waals surface area contributed by atoms with E-state index >= 15 is 0 Å². The van der Waals surface area contributed by atoms with Crippen molar-refractivity contribution in [1.29, 1.82) is 5.26 Å². The van der Waals surface area contributed by atoms with E-state index in [0.717, 1.165) is 10.6 Å². The minimum Gasteiger partial charge on any atom is -0.444 e. The van der Waals surface area contributed by atoms with Crippen LogP contribution in [0.4, 0.5) is 4.79 Å². The maximum absolute atomic E-state index is 13.0. The fraction of sp³-hybridized carbons (Fsp3) is 0.500. The summed E-state index contributed by atoms with van der Waals surface area (Å²) in [7, 11) is 0. The molecule has 1 saturated heterocycles. The third kappa shape index (κ3) is 3.73. The van der Waals surface area contributed by atoms with Crippen LogP contribution < -0.4 is 0 Å². The Hall–Kier alpha value is -2.50. The molecule has 148 valence electrons. The molecule has 0 radical (unpaired) electrons. The van der Waals surface area contributed by atoms with Crippen molar-refractivity contribution in [2.24, 2.45) is 0 Å². The lowest BCUT2D eigenvalue weighted by molar-refractivity contribution is -0.0685. The Morgan fingerprint density at radius 2 is 1.89 bits per heavy atom. The summed E-state index contributed by atoms with van der Waals surface area (Å²) in [5.74, 6) is 0. The minimum absolute atomic E-state index is 0.293. The van der Waals surface area contributed by atoms with E-state index in [0.29, 0.717) is 17.2 Å². The number of nitriles is 1. The van der Waals surface area contributed by atoms with E-state index in [1.807, 2.05) is 53.7 Å². The molecule has 0 N–H and O–H groups in total. The van der Waals surface area contributed by atoms with Crippen molar-refractivity contribution in [3.05, 3.63) is 34.8 Å². The Bertz CT molecular complexity index is 924. The highest BCUT2D eigenvalue weighted by molar-refractivity contribution is 7.14. The molecule has 28 heavy (non-hydrogen) atoms. The van der Waals surface area contributed by atoms with Crippen LogP contribution in [-0.4, -0.2) is 39.1 Å². The van der Waals surface area contributed by atoms with Crippen LogP contribution in [0.5, 0.6) is 0 Å². The lowest BCUT2D eigenvalue weighted by atomic mass is 10.0. The molecule has 0 spiro atoms. The van der Waals surface area contributed by atoms with Gasteiger partial charge in [0.15, 0.2) is 0 Å². The first kappa shape index (κ1) is 20.2. The van der Waals surface area contributed by atoms with Crippen LogP contribution in [-0.2, 0) is 15.0 Å². The molecular formula is C20H24N4O3S. The van der Waals surface area contributed by atoms with Gasteiger partial charge in [0.1, 0.15) is 26.9 Å². The van der Waals surface area contributed by atoms with Crippen molar-refractivity contribution in [1.82, 2.24) is 15.1 Å². The average Bonchev–Trinajstić information content (AvgIpc) is 3.17. The Balaban J connectivity index is 1.95. The number of benzene rings is 1. The molecule has 1 aromatic carbocycles. The summed E-state index contributed by atoms with van der Waals surface area (Å²) >= 11 is 1.40. The zero-order valence-electron chi connectivity index (χ0n) is 16.9. The number of nitrogens with zero attached hydrogens (tertiary/aromatic N) is 4. The molecule has 0 unspecified atom stereocenters. The Labute approximate surface area is 168 Å². The first-order chi connectivity index (χ1) is 13.0. The van der Waals surface area contributed by atoms with Gasteiger partial charge < -0.3 is 9.47 Å². The quantitative estimate of drug-likeness (QED) is 0.747. The zero-order valence-corrected chi connectivity index (χ0v) is 17.8. The van der Waals surface area contributed by atoms with Crippen LogP contribution in [0, 0.1) is 11.3 Å². The Morgan fingerprint density at radius 3 is 2.46 bits per heavy atom. The van der Waals surface area contributed by atoms with Gasteiger partial charge in [0, 0.05) is 5.56 Å². The maximum atomic E-state index is 13.0. The minimum atomic E-state index is -0.836. The molecule has 1 aliphatic rings. The van der Waals surface area contributed by atoms with Gasteiger partial charge in [-0.1, -0.05) is 23.5 Å². The average molecular weight is 401 g/mol. The first-order valence-corrected chi connectivity index (χ1v) is 9.80. The van der Waals surface area contributed by atoms with Gasteiger partial charge in [-0.2, -0.15) is 5.26 Å². The van der Waals surface area contributed by atoms with E-state index in [9.17, 15) is 4.79 Å². The highest BCUT2D eigenvalue weighted by atomic mass is 32.1. The van der Waals surface area contributed by atoms with E-state index in [1.54, 1.807) is 17.0 Å². The van der Waals surface area contributed by atoms with Gasteiger partial charge in [-0.05, 0) is 53.7 Å². The lowest BCUT2D eigenvalue weighted by Crippen LogP contribution is -2.54. The lowest BCUT2D eigenvalue weighted by Gasteiger charge is -2.39. The van der Waals surface area contributed by atoms with Crippen molar-refractivity contribution in [2.45, 2.75) is 58.4 Å². The van der Waals surface area contributed by atoms with Crippen LogP contribution >= 0.6 is 11.3 Å². The third-order valence-electron chi connectivity index (χ3n) is 4.46. The molecule has 1 fully saturated rings. The van der Waals surface area contributed by atoms with Crippen molar-refractivity contribution in [2.75, 3.05) is 6.61 Å². The molecule has 1 aromatic heterocycles. The fourth-order valence-electron chi connectivity index (χ4n) is 3.17. The van der Waals surface area contributed by atoms with E-state index in [2.05, 4.69) is 16.3 Å². The van der Waals surface area contributed by atoms with Gasteiger partial charge in [0.2, 0.25) is 0 Å². The largest absolute Gasteiger partial charge is 0.444 e. The molecule has 7 nitrogen and oxygen atoms in total. The summed E-state index contributed by atoms with van der Waals surface area (Å²) < 4.78 is 11.6. The van der Waals surface area contributed by atoms with Crippen molar-refractivity contribution in [3.63, 3.8) is 0 Å². The second-order valence-electron chi connectivity index (χ2n) is 8.43.